The standard InChI is InChI=1S/C20H17N5O2S/c1-24-8-6-17(23-24)19-22-13(12-28-19)5-9-25-11-16-14(18-21-7-10-27-18)3-2-4-15(16)20(25)26/h2-4,6-8,10,12H,5,9,11H2,1H3. The molecule has 3 aromatic heterocycles. The molecule has 28 heavy (non-hydrogen) atoms. The predicted octanol–water partition coefficient (Wildman–Crippen LogP) is 3.40. The van der Waals surface area contributed by atoms with Gasteiger partial charge >= 0.3 is 0 Å². The summed E-state index contributed by atoms with van der Waals surface area (Å²) in [4.78, 5) is 23.6. The lowest BCUT2D eigenvalue weighted by molar-refractivity contribution is 0.0780. The van der Waals surface area contributed by atoms with Gasteiger partial charge in [0.2, 0.25) is 5.89 Å². The summed E-state index contributed by atoms with van der Waals surface area (Å²) in [6.45, 7) is 1.17. The minimum atomic E-state index is 0.0450. The maximum atomic E-state index is 12.8. The lowest BCUT2D eigenvalue weighted by Gasteiger charge is -2.14. The fraction of sp³-hybridized carbons (Fsp3) is 0.200. The molecule has 1 aromatic carbocycles. The summed E-state index contributed by atoms with van der Waals surface area (Å²) < 4.78 is 7.20. The van der Waals surface area contributed by atoms with E-state index in [0.29, 0.717) is 25.4 Å². The maximum Gasteiger partial charge on any atom is 0.254 e. The Morgan fingerprint density at radius 1 is 1.25 bits per heavy atom. The number of rotatable bonds is 5. The van der Waals surface area contributed by atoms with E-state index < -0.39 is 0 Å². The van der Waals surface area contributed by atoms with Crippen molar-refractivity contribution in [1.82, 2.24) is 24.6 Å². The minimum Gasteiger partial charge on any atom is -0.445 e. The molecule has 0 saturated heterocycles. The number of fused-ring (bicyclic) bond motifs is 1. The highest BCUT2D eigenvalue weighted by atomic mass is 32.1. The third kappa shape index (κ3) is 2.91. The van der Waals surface area contributed by atoms with Crippen LogP contribution in [0.15, 0.2) is 52.7 Å². The number of benzene rings is 1. The van der Waals surface area contributed by atoms with Crippen LogP contribution in [0, 0.1) is 0 Å². The first-order valence-corrected chi connectivity index (χ1v) is 9.82. The molecule has 0 spiro atoms. The van der Waals surface area contributed by atoms with Gasteiger partial charge in [-0.25, -0.2) is 9.97 Å². The van der Waals surface area contributed by atoms with E-state index >= 15 is 0 Å². The lowest BCUT2D eigenvalue weighted by Crippen LogP contribution is -2.26. The molecule has 0 atom stereocenters. The average molecular weight is 391 g/mol. The zero-order chi connectivity index (χ0) is 19.1. The molecule has 0 N–H and O–H groups in total. The van der Waals surface area contributed by atoms with Crippen LogP contribution in [-0.4, -0.2) is 37.1 Å². The third-order valence-electron chi connectivity index (χ3n) is 4.83. The Morgan fingerprint density at radius 3 is 2.93 bits per heavy atom. The van der Waals surface area contributed by atoms with Crippen molar-refractivity contribution < 1.29 is 9.21 Å². The molecule has 1 amide bonds. The van der Waals surface area contributed by atoms with Crippen LogP contribution in [0.5, 0.6) is 0 Å². The summed E-state index contributed by atoms with van der Waals surface area (Å²) in [5, 5.41) is 7.33. The van der Waals surface area contributed by atoms with E-state index in [-0.39, 0.29) is 5.91 Å². The van der Waals surface area contributed by atoms with E-state index in [9.17, 15) is 4.79 Å². The normalized spacial score (nSPS) is 13.3. The van der Waals surface area contributed by atoms with E-state index in [0.717, 1.165) is 33.1 Å². The molecule has 0 bridgehead atoms. The molecule has 4 aromatic rings. The van der Waals surface area contributed by atoms with E-state index in [1.54, 1.807) is 28.5 Å². The highest BCUT2D eigenvalue weighted by Gasteiger charge is 2.30. The third-order valence-corrected chi connectivity index (χ3v) is 5.74. The number of amides is 1. The summed E-state index contributed by atoms with van der Waals surface area (Å²) in [6, 6.07) is 7.64. The molecule has 5 rings (SSSR count). The molecular formula is C20H17N5O2S. The number of carbonyl (C=O) groups is 1. The SMILES string of the molecule is Cn1ccc(-c2nc(CCN3Cc4c(cccc4-c4ncco4)C3=O)cs2)n1. The summed E-state index contributed by atoms with van der Waals surface area (Å²) in [7, 11) is 1.89. The molecule has 0 unspecified atom stereocenters. The van der Waals surface area contributed by atoms with Crippen molar-refractivity contribution in [1.29, 1.82) is 0 Å². The molecule has 1 aliphatic rings. The number of nitrogens with zero attached hydrogens (tertiary/aromatic N) is 5. The van der Waals surface area contributed by atoms with E-state index in [4.69, 9.17) is 4.42 Å². The summed E-state index contributed by atoms with van der Waals surface area (Å²) in [6.07, 6.45) is 5.77. The van der Waals surface area contributed by atoms with Crippen molar-refractivity contribution in [2.45, 2.75) is 13.0 Å². The Kier molecular flexibility index (Phi) is 4.05. The second kappa shape index (κ2) is 6.72. The molecule has 7 nitrogen and oxygen atoms in total. The van der Waals surface area contributed by atoms with Gasteiger partial charge in [-0.2, -0.15) is 5.10 Å². The molecule has 0 saturated carbocycles. The molecule has 4 heterocycles. The van der Waals surface area contributed by atoms with E-state index in [1.807, 2.05) is 47.8 Å². The molecular weight excluding hydrogens is 374 g/mol. The lowest BCUT2D eigenvalue weighted by atomic mass is 10.0. The zero-order valence-electron chi connectivity index (χ0n) is 15.2. The van der Waals surface area contributed by atoms with Gasteiger partial charge in [0.05, 0.1) is 11.9 Å². The van der Waals surface area contributed by atoms with Gasteiger partial charge in [-0.3, -0.25) is 9.48 Å². The predicted molar refractivity (Wildman–Crippen MR) is 105 cm³/mol. The van der Waals surface area contributed by atoms with Gasteiger partial charge in [0.15, 0.2) is 0 Å². The van der Waals surface area contributed by atoms with Crippen LogP contribution >= 0.6 is 11.3 Å². The topological polar surface area (TPSA) is 77.0 Å². The van der Waals surface area contributed by atoms with Crippen LogP contribution < -0.4 is 0 Å². The second-order valence-electron chi connectivity index (χ2n) is 6.66. The Morgan fingerprint density at radius 2 is 2.14 bits per heavy atom. The summed E-state index contributed by atoms with van der Waals surface area (Å²) in [5.74, 6) is 0.592. The molecule has 1 aliphatic heterocycles. The number of hydrogen-bond donors (Lipinski definition) is 0. The van der Waals surface area contributed by atoms with Crippen molar-refractivity contribution in [3.8, 4) is 22.2 Å². The van der Waals surface area contributed by atoms with Gasteiger partial charge in [0, 0.05) is 49.3 Å². The van der Waals surface area contributed by atoms with Crippen LogP contribution in [0.3, 0.4) is 0 Å². The van der Waals surface area contributed by atoms with Crippen molar-refractivity contribution in [2.75, 3.05) is 6.54 Å². The number of thiazole rings is 1. The monoisotopic (exact) mass is 391 g/mol. The Bertz CT molecular complexity index is 1150. The number of carbonyl (C=O) groups excluding carboxylic acids is 1. The summed E-state index contributed by atoms with van der Waals surface area (Å²) in [5.41, 5.74) is 4.43. The molecule has 8 heteroatoms. The van der Waals surface area contributed by atoms with Crippen LogP contribution in [0.25, 0.3) is 22.2 Å². The first-order valence-electron chi connectivity index (χ1n) is 8.94. The zero-order valence-corrected chi connectivity index (χ0v) is 16.0. The number of aromatic nitrogens is 4. The fourth-order valence-corrected chi connectivity index (χ4v) is 4.26. The van der Waals surface area contributed by atoms with Crippen LogP contribution in [0.2, 0.25) is 0 Å². The van der Waals surface area contributed by atoms with E-state index in [1.165, 1.54) is 0 Å². The van der Waals surface area contributed by atoms with Crippen molar-refractivity contribution in [2.24, 2.45) is 7.05 Å². The smallest absolute Gasteiger partial charge is 0.254 e. The van der Waals surface area contributed by atoms with Crippen molar-refractivity contribution >= 4 is 17.2 Å². The van der Waals surface area contributed by atoms with Crippen molar-refractivity contribution in [3.05, 3.63) is 65.1 Å². The molecule has 0 radical (unpaired) electrons. The Balaban J connectivity index is 1.31. The molecule has 0 aliphatic carbocycles. The van der Waals surface area contributed by atoms with Crippen molar-refractivity contribution in [3.63, 3.8) is 0 Å². The second-order valence-corrected chi connectivity index (χ2v) is 7.52. The van der Waals surface area contributed by atoms with E-state index in [2.05, 4.69) is 15.1 Å². The minimum absolute atomic E-state index is 0.0450. The van der Waals surface area contributed by atoms with Crippen LogP contribution in [-0.2, 0) is 20.0 Å². The average Bonchev–Trinajstić information content (AvgIpc) is 3.48. The number of oxazole rings is 1. The van der Waals surface area contributed by atoms with Gasteiger partial charge in [0.25, 0.3) is 5.91 Å². The van der Waals surface area contributed by atoms with Gasteiger partial charge in [0.1, 0.15) is 17.0 Å². The van der Waals surface area contributed by atoms with Gasteiger partial charge in [-0.1, -0.05) is 6.07 Å². The number of hydrogen-bond acceptors (Lipinski definition) is 6. The van der Waals surface area contributed by atoms with Gasteiger partial charge in [-0.05, 0) is 23.8 Å². The Hall–Kier alpha value is -3.26. The maximum absolute atomic E-state index is 12.8. The largest absolute Gasteiger partial charge is 0.445 e. The summed E-state index contributed by atoms with van der Waals surface area (Å²) >= 11 is 1.58. The first kappa shape index (κ1) is 16.9. The van der Waals surface area contributed by atoms with Crippen LogP contribution in [0.1, 0.15) is 21.6 Å². The quantitative estimate of drug-likeness (QED) is 0.521. The highest BCUT2D eigenvalue weighted by molar-refractivity contribution is 7.13. The molecule has 140 valence electrons. The fourth-order valence-electron chi connectivity index (χ4n) is 3.45. The molecule has 0 fully saturated rings. The highest BCUT2D eigenvalue weighted by Crippen LogP contribution is 2.32. The first-order chi connectivity index (χ1) is 13.7. The van der Waals surface area contributed by atoms with Gasteiger partial charge in [-0.15, -0.1) is 11.3 Å². The Labute approximate surface area is 165 Å². The van der Waals surface area contributed by atoms with Gasteiger partial charge < -0.3 is 9.32 Å². The van der Waals surface area contributed by atoms with Crippen LogP contribution in [0.4, 0.5) is 0 Å². The number of aryl methyl sites for hydroxylation is 1.